The van der Waals surface area contributed by atoms with E-state index in [0.29, 0.717) is 10.6 Å². The van der Waals surface area contributed by atoms with Crippen molar-refractivity contribution < 1.29 is 4.79 Å². The molecule has 0 radical (unpaired) electrons. The summed E-state index contributed by atoms with van der Waals surface area (Å²) in [5.41, 5.74) is 1.57. The van der Waals surface area contributed by atoms with Gasteiger partial charge >= 0.3 is 0 Å². The summed E-state index contributed by atoms with van der Waals surface area (Å²) < 4.78 is 0. The highest BCUT2D eigenvalue weighted by atomic mass is 35.5. The molecule has 1 aliphatic rings. The van der Waals surface area contributed by atoms with Crippen LogP contribution >= 0.6 is 11.6 Å². The number of halogens is 1. The predicted molar refractivity (Wildman–Crippen MR) is 83.3 cm³/mol. The van der Waals surface area contributed by atoms with Gasteiger partial charge in [-0.3, -0.25) is 4.79 Å². The fourth-order valence-corrected chi connectivity index (χ4v) is 2.76. The topological polar surface area (TPSA) is 49.3 Å². The molecule has 3 rings (SSSR count). The highest BCUT2D eigenvalue weighted by Crippen LogP contribution is 2.27. The fourth-order valence-electron chi connectivity index (χ4n) is 2.45. The molecule has 0 bridgehead atoms. The van der Waals surface area contributed by atoms with Gasteiger partial charge < -0.3 is 9.80 Å². The summed E-state index contributed by atoms with van der Waals surface area (Å²) >= 11 is 6.26. The average molecular weight is 303 g/mol. The maximum atomic E-state index is 10.8. The maximum Gasteiger partial charge on any atom is 0.225 e. The summed E-state index contributed by atoms with van der Waals surface area (Å²) in [6.45, 7) is 3.38. The number of carbonyl (C=O) groups is 1. The third kappa shape index (κ3) is 2.97. The Labute approximate surface area is 128 Å². The molecule has 0 N–H and O–H groups in total. The lowest BCUT2D eigenvalue weighted by molar-refractivity contribution is 0.112. The van der Waals surface area contributed by atoms with Gasteiger partial charge in [-0.15, -0.1) is 0 Å². The number of piperazine rings is 1. The number of carbonyl (C=O) groups excluding carboxylic acids is 1. The van der Waals surface area contributed by atoms with Crippen LogP contribution in [0.3, 0.4) is 0 Å². The van der Waals surface area contributed by atoms with E-state index < -0.39 is 0 Å². The molecule has 0 saturated carbocycles. The van der Waals surface area contributed by atoms with Crippen molar-refractivity contribution in [1.82, 2.24) is 9.97 Å². The zero-order chi connectivity index (χ0) is 14.7. The molecular weight excluding hydrogens is 288 g/mol. The maximum absolute atomic E-state index is 10.8. The Morgan fingerprint density at radius 2 is 1.71 bits per heavy atom. The molecule has 1 aromatic carbocycles. The molecule has 6 heteroatoms. The summed E-state index contributed by atoms with van der Waals surface area (Å²) in [5, 5.41) is 0.615. The Bertz CT molecular complexity index is 627. The van der Waals surface area contributed by atoms with Gasteiger partial charge in [-0.2, -0.15) is 0 Å². The van der Waals surface area contributed by atoms with Crippen LogP contribution in [0.2, 0.25) is 5.02 Å². The minimum Gasteiger partial charge on any atom is -0.367 e. The van der Waals surface area contributed by atoms with Gasteiger partial charge in [-0.25, -0.2) is 9.97 Å². The van der Waals surface area contributed by atoms with E-state index in [1.165, 1.54) is 0 Å². The van der Waals surface area contributed by atoms with Crippen molar-refractivity contribution >= 4 is 29.5 Å². The lowest BCUT2D eigenvalue weighted by Gasteiger charge is -2.36. The van der Waals surface area contributed by atoms with Crippen molar-refractivity contribution in [2.24, 2.45) is 0 Å². The van der Waals surface area contributed by atoms with Gasteiger partial charge in [0.25, 0.3) is 0 Å². The molecule has 2 heterocycles. The van der Waals surface area contributed by atoms with Crippen molar-refractivity contribution in [1.29, 1.82) is 0 Å². The first-order valence-electron chi connectivity index (χ1n) is 6.79. The zero-order valence-corrected chi connectivity index (χ0v) is 12.2. The number of benzene rings is 1. The van der Waals surface area contributed by atoms with Crippen LogP contribution in [-0.4, -0.2) is 42.4 Å². The van der Waals surface area contributed by atoms with Gasteiger partial charge in [0.2, 0.25) is 5.95 Å². The van der Waals surface area contributed by atoms with Crippen LogP contribution in [0.25, 0.3) is 0 Å². The van der Waals surface area contributed by atoms with Crippen LogP contribution in [-0.2, 0) is 0 Å². The number of hydrogen-bond acceptors (Lipinski definition) is 5. The first kappa shape index (κ1) is 13.8. The van der Waals surface area contributed by atoms with E-state index in [0.717, 1.165) is 44.1 Å². The molecule has 5 nitrogen and oxygen atoms in total. The lowest BCUT2D eigenvalue weighted by Crippen LogP contribution is -2.47. The first-order chi connectivity index (χ1) is 10.3. The first-order valence-corrected chi connectivity index (χ1v) is 7.17. The second kappa shape index (κ2) is 6.10. The number of aldehydes is 1. The second-order valence-corrected chi connectivity index (χ2v) is 5.26. The van der Waals surface area contributed by atoms with Gasteiger partial charge in [0, 0.05) is 44.1 Å². The minimum atomic E-state index is 0.597. The molecule has 0 unspecified atom stereocenters. The number of anilines is 2. The summed E-state index contributed by atoms with van der Waals surface area (Å²) in [6, 6.07) is 7.21. The van der Waals surface area contributed by atoms with E-state index in [4.69, 9.17) is 11.6 Å². The van der Waals surface area contributed by atoms with E-state index in [-0.39, 0.29) is 0 Å². The Kier molecular flexibility index (Phi) is 4.01. The van der Waals surface area contributed by atoms with Crippen molar-refractivity contribution in [2.75, 3.05) is 36.0 Å². The highest BCUT2D eigenvalue weighted by molar-refractivity contribution is 6.33. The summed E-state index contributed by atoms with van der Waals surface area (Å²) in [5.74, 6) is 0.763. The Hall–Kier alpha value is -2.14. The van der Waals surface area contributed by atoms with Crippen LogP contribution in [0.5, 0.6) is 0 Å². The molecule has 21 heavy (non-hydrogen) atoms. The van der Waals surface area contributed by atoms with Crippen molar-refractivity contribution in [2.45, 2.75) is 0 Å². The standard InChI is InChI=1S/C15H15ClN4O/c16-13-10-12(11-21)2-3-14(13)19-6-8-20(9-7-19)15-17-4-1-5-18-15/h1-5,10-11H,6-9H2. The number of nitrogens with zero attached hydrogens (tertiary/aromatic N) is 4. The molecule has 0 amide bonds. The second-order valence-electron chi connectivity index (χ2n) is 4.85. The highest BCUT2D eigenvalue weighted by Gasteiger charge is 2.20. The molecule has 2 aromatic rings. The Balaban J connectivity index is 1.70. The van der Waals surface area contributed by atoms with Crippen LogP contribution in [0.4, 0.5) is 11.6 Å². The molecule has 0 atom stereocenters. The van der Waals surface area contributed by atoms with Crippen LogP contribution in [0, 0.1) is 0 Å². The van der Waals surface area contributed by atoms with Gasteiger partial charge in [-0.05, 0) is 24.3 Å². The average Bonchev–Trinajstić information content (AvgIpc) is 2.56. The van der Waals surface area contributed by atoms with Crippen molar-refractivity contribution in [3.05, 3.63) is 47.2 Å². The van der Waals surface area contributed by atoms with Gasteiger partial charge in [-0.1, -0.05) is 11.6 Å². The van der Waals surface area contributed by atoms with Gasteiger partial charge in [0.05, 0.1) is 10.7 Å². The predicted octanol–water partition coefficient (Wildman–Crippen LogP) is 2.27. The lowest BCUT2D eigenvalue weighted by atomic mass is 10.2. The molecular formula is C15H15ClN4O. The van der Waals surface area contributed by atoms with E-state index in [1.54, 1.807) is 24.5 Å². The SMILES string of the molecule is O=Cc1ccc(N2CCN(c3ncccn3)CC2)c(Cl)c1. The number of aromatic nitrogens is 2. The normalized spacial score (nSPS) is 15.1. The number of rotatable bonds is 3. The largest absolute Gasteiger partial charge is 0.367 e. The molecule has 108 valence electrons. The zero-order valence-electron chi connectivity index (χ0n) is 11.4. The number of hydrogen-bond donors (Lipinski definition) is 0. The quantitative estimate of drug-likeness (QED) is 0.814. The van der Waals surface area contributed by atoms with Crippen LogP contribution in [0.15, 0.2) is 36.7 Å². The summed E-state index contributed by atoms with van der Waals surface area (Å²) in [4.78, 5) is 23.7. The summed E-state index contributed by atoms with van der Waals surface area (Å²) in [6.07, 6.45) is 4.31. The molecule has 1 fully saturated rings. The van der Waals surface area contributed by atoms with E-state index >= 15 is 0 Å². The molecule has 1 aromatic heterocycles. The third-order valence-electron chi connectivity index (χ3n) is 3.56. The van der Waals surface area contributed by atoms with E-state index in [9.17, 15) is 4.79 Å². The van der Waals surface area contributed by atoms with E-state index in [2.05, 4.69) is 19.8 Å². The van der Waals surface area contributed by atoms with Crippen LogP contribution in [0.1, 0.15) is 10.4 Å². The van der Waals surface area contributed by atoms with Crippen LogP contribution < -0.4 is 9.80 Å². The van der Waals surface area contributed by atoms with E-state index in [1.807, 2.05) is 12.1 Å². The van der Waals surface area contributed by atoms with Crippen molar-refractivity contribution in [3.8, 4) is 0 Å². The molecule has 0 spiro atoms. The van der Waals surface area contributed by atoms with Gasteiger partial charge in [0.1, 0.15) is 6.29 Å². The molecule has 0 aliphatic carbocycles. The smallest absolute Gasteiger partial charge is 0.225 e. The monoisotopic (exact) mass is 302 g/mol. The minimum absolute atomic E-state index is 0.597. The Morgan fingerprint density at radius 3 is 2.33 bits per heavy atom. The fraction of sp³-hybridized carbons (Fsp3) is 0.267. The Morgan fingerprint density at radius 1 is 1.05 bits per heavy atom. The molecule has 1 saturated heterocycles. The van der Waals surface area contributed by atoms with Crippen molar-refractivity contribution in [3.63, 3.8) is 0 Å². The van der Waals surface area contributed by atoms with Gasteiger partial charge in [0.15, 0.2) is 0 Å². The molecule has 1 aliphatic heterocycles. The third-order valence-corrected chi connectivity index (χ3v) is 3.87. The summed E-state index contributed by atoms with van der Waals surface area (Å²) in [7, 11) is 0.